The van der Waals surface area contributed by atoms with Crippen molar-refractivity contribution in [3.05, 3.63) is 64.7 Å². The van der Waals surface area contributed by atoms with Crippen LogP contribution in [0.25, 0.3) is 5.65 Å². The topological polar surface area (TPSA) is 81.3 Å². The molecule has 3 rings (SSSR count). The number of carbonyl (C=O) groups excluding carboxylic acids is 1. The second-order valence-corrected chi connectivity index (χ2v) is 5.25. The maximum atomic E-state index is 12.5. The Bertz CT molecular complexity index is 883. The summed E-state index contributed by atoms with van der Waals surface area (Å²) in [5.41, 5.74) is 0.987. The van der Waals surface area contributed by atoms with Crippen LogP contribution < -0.4 is 10.9 Å². The summed E-state index contributed by atoms with van der Waals surface area (Å²) in [5, 5.41) is 2.76. The van der Waals surface area contributed by atoms with Gasteiger partial charge >= 0.3 is 0 Å². The standard InChI is InChI=1S/C16H17N5O2/c1-12-4-2-5-14-19-10-13(16(23)21(12)14)15(22)18-6-3-8-20-9-7-17-11-20/h2,4-5,7,9-11H,3,6,8H2,1H3,(H,18,22). The summed E-state index contributed by atoms with van der Waals surface area (Å²) in [6, 6.07) is 5.37. The predicted molar refractivity (Wildman–Crippen MR) is 85.4 cm³/mol. The maximum Gasteiger partial charge on any atom is 0.270 e. The van der Waals surface area contributed by atoms with E-state index in [2.05, 4.69) is 15.3 Å². The van der Waals surface area contributed by atoms with E-state index in [1.807, 2.05) is 29.8 Å². The lowest BCUT2D eigenvalue weighted by Gasteiger charge is -2.08. The Hall–Kier alpha value is -2.96. The van der Waals surface area contributed by atoms with E-state index in [4.69, 9.17) is 0 Å². The van der Waals surface area contributed by atoms with Crippen LogP contribution in [0.2, 0.25) is 0 Å². The third-order valence-corrected chi connectivity index (χ3v) is 3.61. The van der Waals surface area contributed by atoms with Gasteiger partial charge in [0.05, 0.1) is 6.33 Å². The van der Waals surface area contributed by atoms with Crippen LogP contribution in [0.1, 0.15) is 22.5 Å². The first-order chi connectivity index (χ1) is 11.2. The highest BCUT2D eigenvalue weighted by molar-refractivity contribution is 5.93. The summed E-state index contributed by atoms with van der Waals surface area (Å²) < 4.78 is 3.38. The zero-order valence-corrected chi connectivity index (χ0v) is 12.8. The Morgan fingerprint density at radius 3 is 3.00 bits per heavy atom. The van der Waals surface area contributed by atoms with Gasteiger partial charge in [0.1, 0.15) is 11.2 Å². The first kappa shape index (κ1) is 15.0. The third-order valence-electron chi connectivity index (χ3n) is 3.61. The Balaban J connectivity index is 1.70. The van der Waals surface area contributed by atoms with Crippen LogP contribution in [-0.2, 0) is 6.54 Å². The smallest absolute Gasteiger partial charge is 0.270 e. The summed E-state index contributed by atoms with van der Waals surface area (Å²) >= 11 is 0. The van der Waals surface area contributed by atoms with Crippen LogP contribution in [0.5, 0.6) is 0 Å². The largest absolute Gasteiger partial charge is 0.352 e. The molecule has 0 saturated carbocycles. The molecule has 23 heavy (non-hydrogen) atoms. The van der Waals surface area contributed by atoms with Crippen molar-refractivity contribution >= 4 is 11.6 Å². The summed E-state index contributed by atoms with van der Waals surface area (Å²) in [6.07, 6.45) is 7.39. The Morgan fingerprint density at radius 1 is 1.35 bits per heavy atom. The van der Waals surface area contributed by atoms with Gasteiger partial charge < -0.3 is 9.88 Å². The fourth-order valence-electron chi connectivity index (χ4n) is 2.41. The molecule has 0 unspecified atom stereocenters. The van der Waals surface area contributed by atoms with E-state index in [-0.39, 0.29) is 11.1 Å². The molecular weight excluding hydrogens is 294 g/mol. The minimum atomic E-state index is -0.397. The van der Waals surface area contributed by atoms with Gasteiger partial charge in [-0.3, -0.25) is 14.0 Å². The molecule has 0 fully saturated rings. The van der Waals surface area contributed by atoms with Crippen molar-refractivity contribution in [2.45, 2.75) is 19.9 Å². The first-order valence-corrected chi connectivity index (χ1v) is 7.38. The van der Waals surface area contributed by atoms with E-state index in [1.165, 1.54) is 10.6 Å². The van der Waals surface area contributed by atoms with Crippen LogP contribution >= 0.6 is 0 Å². The summed E-state index contributed by atoms with van der Waals surface area (Å²) in [7, 11) is 0. The monoisotopic (exact) mass is 311 g/mol. The highest BCUT2D eigenvalue weighted by Gasteiger charge is 2.13. The average Bonchev–Trinajstić information content (AvgIpc) is 3.05. The fourth-order valence-corrected chi connectivity index (χ4v) is 2.41. The molecule has 1 amide bonds. The molecule has 0 aliphatic heterocycles. The van der Waals surface area contributed by atoms with Crippen molar-refractivity contribution in [1.82, 2.24) is 24.3 Å². The van der Waals surface area contributed by atoms with E-state index in [0.29, 0.717) is 12.2 Å². The number of carbonyl (C=O) groups is 1. The number of hydrogen-bond donors (Lipinski definition) is 1. The molecule has 118 valence electrons. The van der Waals surface area contributed by atoms with Crippen molar-refractivity contribution in [2.75, 3.05) is 6.54 Å². The lowest BCUT2D eigenvalue weighted by Crippen LogP contribution is -2.33. The molecule has 1 N–H and O–H groups in total. The Labute approximate surface area is 132 Å². The van der Waals surface area contributed by atoms with Gasteiger partial charge in [-0.05, 0) is 25.5 Å². The highest BCUT2D eigenvalue weighted by atomic mass is 16.2. The molecule has 7 nitrogen and oxygen atoms in total. The van der Waals surface area contributed by atoms with E-state index >= 15 is 0 Å². The van der Waals surface area contributed by atoms with Crippen molar-refractivity contribution in [2.24, 2.45) is 0 Å². The molecular formula is C16H17N5O2. The van der Waals surface area contributed by atoms with Gasteiger partial charge in [0.15, 0.2) is 0 Å². The molecule has 0 saturated heterocycles. The summed E-state index contributed by atoms with van der Waals surface area (Å²) in [6.45, 7) is 3.05. The van der Waals surface area contributed by atoms with E-state index in [1.54, 1.807) is 18.6 Å². The summed E-state index contributed by atoms with van der Waals surface area (Å²) in [5.74, 6) is -0.397. The molecule has 0 atom stereocenters. The SMILES string of the molecule is Cc1cccc2ncc(C(=O)NCCCn3ccnc3)c(=O)n12. The molecule has 3 aromatic rings. The van der Waals surface area contributed by atoms with Gasteiger partial charge in [0.25, 0.3) is 11.5 Å². The fraction of sp³-hybridized carbons (Fsp3) is 0.250. The molecule has 0 aromatic carbocycles. The van der Waals surface area contributed by atoms with E-state index in [0.717, 1.165) is 18.7 Å². The number of aromatic nitrogens is 4. The lowest BCUT2D eigenvalue weighted by molar-refractivity contribution is 0.0950. The molecule has 0 spiro atoms. The number of aryl methyl sites for hydroxylation is 2. The highest BCUT2D eigenvalue weighted by Crippen LogP contribution is 2.02. The normalized spacial score (nSPS) is 10.8. The van der Waals surface area contributed by atoms with Gasteiger partial charge in [-0.2, -0.15) is 0 Å². The second kappa shape index (κ2) is 6.43. The molecule has 0 aliphatic rings. The zero-order valence-electron chi connectivity index (χ0n) is 12.8. The van der Waals surface area contributed by atoms with E-state index in [9.17, 15) is 9.59 Å². The van der Waals surface area contributed by atoms with Crippen LogP contribution in [0.15, 0.2) is 47.9 Å². The molecule has 3 aromatic heterocycles. The van der Waals surface area contributed by atoms with Crippen molar-refractivity contribution < 1.29 is 4.79 Å². The Morgan fingerprint density at radius 2 is 2.22 bits per heavy atom. The van der Waals surface area contributed by atoms with Gasteiger partial charge in [0.2, 0.25) is 0 Å². The predicted octanol–water partition coefficient (Wildman–Crippen LogP) is 1.02. The lowest BCUT2D eigenvalue weighted by atomic mass is 10.2. The number of fused-ring (bicyclic) bond motifs is 1. The quantitative estimate of drug-likeness (QED) is 0.713. The maximum absolute atomic E-state index is 12.5. The van der Waals surface area contributed by atoms with Crippen molar-refractivity contribution in [3.8, 4) is 0 Å². The Kier molecular flexibility index (Phi) is 4.18. The van der Waals surface area contributed by atoms with Gasteiger partial charge in [0, 0.05) is 37.4 Å². The van der Waals surface area contributed by atoms with Crippen LogP contribution in [0.3, 0.4) is 0 Å². The number of imidazole rings is 1. The number of pyridine rings is 1. The molecule has 0 bridgehead atoms. The molecule has 0 aliphatic carbocycles. The minimum Gasteiger partial charge on any atom is -0.352 e. The second-order valence-electron chi connectivity index (χ2n) is 5.25. The van der Waals surface area contributed by atoms with Crippen LogP contribution in [0, 0.1) is 6.92 Å². The van der Waals surface area contributed by atoms with Gasteiger partial charge in [-0.15, -0.1) is 0 Å². The van der Waals surface area contributed by atoms with Crippen molar-refractivity contribution in [1.29, 1.82) is 0 Å². The molecule has 3 heterocycles. The number of rotatable bonds is 5. The molecule has 7 heteroatoms. The molecule has 0 radical (unpaired) electrons. The number of nitrogens with one attached hydrogen (secondary N) is 1. The summed E-state index contributed by atoms with van der Waals surface area (Å²) in [4.78, 5) is 32.8. The van der Waals surface area contributed by atoms with Gasteiger partial charge in [-0.1, -0.05) is 6.07 Å². The minimum absolute atomic E-state index is 0.0550. The number of amides is 1. The van der Waals surface area contributed by atoms with Gasteiger partial charge in [-0.25, -0.2) is 9.97 Å². The van der Waals surface area contributed by atoms with E-state index < -0.39 is 5.91 Å². The third kappa shape index (κ3) is 3.13. The van der Waals surface area contributed by atoms with Crippen LogP contribution in [0.4, 0.5) is 0 Å². The number of nitrogens with zero attached hydrogens (tertiary/aromatic N) is 4. The first-order valence-electron chi connectivity index (χ1n) is 7.38. The number of hydrogen-bond acceptors (Lipinski definition) is 4. The van der Waals surface area contributed by atoms with Crippen molar-refractivity contribution in [3.63, 3.8) is 0 Å². The van der Waals surface area contributed by atoms with Crippen LogP contribution in [-0.4, -0.2) is 31.4 Å². The average molecular weight is 311 g/mol. The zero-order chi connectivity index (χ0) is 16.2.